The summed E-state index contributed by atoms with van der Waals surface area (Å²) in [5, 5.41) is 10.7. The van der Waals surface area contributed by atoms with E-state index >= 15 is 0 Å². The van der Waals surface area contributed by atoms with Crippen molar-refractivity contribution < 1.29 is 14.6 Å². The topological polar surface area (TPSA) is 58.9 Å². The number of esters is 1. The number of nitrogens with zero attached hydrogens (tertiary/aromatic N) is 1. The van der Waals surface area contributed by atoms with E-state index in [0.29, 0.717) is 21.5 Å². The lowest BCUT2D eigenvalue weighted by Crippen LogP contribution is -2.12. The number of thioether (sulfide) groups is 1. The smallest absolute Gasteiger partial charge is 0.344 e. The van der Waals surface area contributed by atoms with Gasteiger partial charge in [-0.15, -0.1) is 0 Å². The minimum absolute atomic E-state index is 0.00532. The van der Waals surface area contributed by atoms with Crippen LogP contribution in [0.15, 0.2) is 40.6 Å². The van der Waals surface area contributed by atoms with E-state index in [1.54, 1.807) is 31.2 Å². The van der Waals surface area contributed by atoms with Crippen molar-refractivity contribution >= 4 is 40.1 Å². The van der Waals surface area contributed by atoms with Crippen molar-refractivity contribution in [1.82, 2.24) is 0 Å². The number of benzene rings is 1. The van der Waals surface area contributed by atoms with Gasteiger partial charge in [0.25, 0.3) is 0 Å². The molecule has 0 saturated heterocycles. The number of hydrogen-bond acceptors (Lipinski definition) is 5. The third kappa shape index (κ3) is 3.11. The lowest BCUT2D eigenvalue weighted by Gasteiger charge is -2.04. The van der Waals surface area contributed by atoms with Gasteiger partial charge in [-0.2, -0.15) is 0 Å². The fourth-order valence-electron chi connectivity index (χ4n) is 1.55. The zero-order valence-electron chi connectivity index (χ0n) is 10.2. The molecule has 0 bridgehead atoms. The van der Waals surface area contributed by atoms with Crippen LogP contribution in [0.4, 0.5) is 5.69 Å². The second kappa shape index (κ2) is 6.12. The highest BCUT2D eigenvalue weighted by molar-refractivity contribution is 8.15. The maximum absolute atomic E-state index is 11.8. The van der Waals surface area contributed by atoms with Gasteiger partial charge in [0.15, 0.2) is 0 Å². The first-order valence-corrected chi connectivity index (χ1v) is 7.05. The van der Waals surface area contributed by atoms with Gasteiger partial charge < -0.3 is 9.84 Å². The van der Waals surface area contributed by atoms with Gasteiger partial charge in [-0.1, -0.05) is 35.5 Å². The van der Waals surface area contributed by atoms with E-state index in [9.17, 15) is 9.90 Å². The Bertz CT molecular complexity index is 569. The number of hydrogen-bond donors (Lipinski definition) is 1. The minimum Gasteiger partial charge on any atom is -0.510 e. The number of aliphatic imine (C=N–C) groups is 1. The molecule has 0 amide bonds. The number of carbonyl (C=O) groups excluding carboxylic acids is 1. The van der Waals surface area contributed by atoms with Crippen LogP contribution in [0, 0.1) is 0 Å². The maximum Gasteiger partial charge on any atom is 0.344 e. The molecular weight excluding hydrogens is 286 g/mol. The Morgan fingerprint density at radius 2 is 2.26 bits per heavy atom. The van der Waals surface area contributed by atoms with Crippen molar-refractivity contribution in [3.05, 3.63) is 40.6 Å². The summed E-state index contributed by atoms with van der Waals surface area (Å²) in [5.74, 6) is -0.248. The SMILES string of the molecule is CCOC(=O)C1=C(O)CSC1=Nc1ccccc1Cl. The molecule has 0 radical (unpaired) electrons. The van der Waals surface area contributed by atoms with Crippen molar-refractivity contribution in [2.75, 3.05) is 12.4 Å². The molecule has 0 atom stereocenters. The summed E-state index contributed by atoms with van der Waals surface area (Å²) in [4.78, 5) is 16.1. The molecule has 1 aliphatic heterocycles. The highest BCUT2D eigenvalue weighted by Gasteiger charge is 2.29. The summed E-state index contributed by atoms with van der Waals surface area (Å²) >= 11 is 7.30. The molecule has 0 aromatic heterocycles. The van der Waals surface area contributed by atoms with Gasteiger partial charge in [0.05, 0.1) is 23.1 Å². The average Bonchev–Trinajstić information content (AvgIpc) is 2.74. The molecule has 0 aliphatic carbocycles. The van der Waals surface area contributed by atoms with E-state index in [-0.39, 0.29) is 17.9 Å². The van der Waals surface area contributed by atoms with Gasteiger partial charge in [-0.3, -0.25) is 0 Å². The van der Waals surface area contributed by atoms with Crippen LogP contribution in [0.25, 0.3) is 0 Å². The normalized spacial score (nSPS) is 17.1. The standard InChI is InChI=1S/C13H12ClNO3S/c1-2-18-13(17)11-10(16)7-19-12(11)15-9-6-4-3-5-8(9)14/h3-6,16H,2,7H2,1H3. The summed E-state index contributed by atoms with van der Waals surface area (Å²) in [7, 11) is 0. The van der Waals surface area contributed by atoms with E-state index < -0.39 is 5.97 Å². The average molecular weight is 298 g/mol. The van der Waals surface area contributed by atoms with Crippen molar-refractivity contribution in [3.8, 4) is 0 Å². The molecule has 0 unspecified atom stereocenters. The van der Waals surface area contributed by atoms with Crippen LogP contribution in [0.2, 0.25) is 5.02 Å². The number of halogens is 1. The number of aliphatic hydroxyl groups excluding tert-OH is 1. The largest absolute Gasteiger partial charge is 0.510 e. The predicted molar refractivity (Wildman–Crippen MR) is 77.3 cm³/mol. The zero-order chi connectivity index (χ0) is 13.8. The van der Waals surface area contributed by atoms with Crippen LogP contribution in [0.3, 0.4) is 0 Å². The van der Waals surface area contributed by atoms with Crippen LogP contribution in [-0.4, -0.2) is 28.5 Å². The summed E-state index contributed by atoms with van der Waals surface area (Å²) in [6.07, 6.45) is 0. The predicted octanol–water partition coefficient (Wildman–Crippen LogP) is 3.49. The molecule has 100 valence electrons. The quantitative estimate of drug-likeness (QED) is 0.868. The molecule has 1 heterocycles. The number of carbonyl (C=O) groups is 1. The van der Waals surface area contributed by atoms with Gasteiger partial charge >= 0.3 is 5.97 Å². The summed E-state index contributed by atoms with van der Waals surface area (Å²) < 4.78 is 4.91. The third-order valence-corrected chi connectivity index (χ3v) is 3.71. The summed E-state index contributed by atoms with van der Waals surface area (Å²) in [5.41, 5.74) is 0.690. The molecule has 1 N–H and O–H groups in total. The van der Waals surface area contributed by atoms with Crippen LogP contribution < -0.4 is 0 Å². The van der Waals surface area contributed by atoms with Gasteiger partial charge in [0.2, 0.25) is 0 Å². The van der Waals surface area contributed by atoms with Crippen LogP contribution >= 0.6 is 23.4 Å². The molecule has 1 aromatic rings. The number of rotatable bonds is 3. The first-order valence-electron chi connectivity index (χ1n) is 5.69. The van der Waals surface area contributed by atoms with E-state index in [4.69, 9.17) is 16.3 Å². The second-order valence-corrected chi connectivity index (χ2v) is 5.07. The van der Waals surface area contributed by atoms with Crippen LogP contribution in [-0.2, 0) is 9.53 Å². The Kier molecular flexibility index (Phi) is 4.50. The molecule has 0 fully saturated rings. The second-order valence-electron chi connectivity index (χ2n) is 3.70. The van der Waals surface area contributed by atoms with Gasteiger partial charge in [0, 0.05) is 0 Å². The molecule has 1 aliphatic rings. The Balaban J connectivity index is 2.35. The van der Waals surface area contributed by atoms with E-state index in [2.05, 4.69) is 4.99 Å². The Labute approximate surface area is 120 Å². The van der Waals surface area contributed by atoms with Crippen molar-refractivity contribution in [1.29, 1.82) is 0 Å². The van der Waals surface area contributed by atoms with E-state index in [1.165, 1.54) is 11.8 Å². The molecule has 6 heteroatoms. The zero-order valence-corrected chi connectivity index (χ0v) is 11.8. The Morgan fingerprint density at radius 1 is 1.53 bits per heavy atom. The van der Waals surface area contributed by atoms with E-state index in [0.717, 1.165) is 0 Å². The first-order chi connectivity index (χ1) is 9.13. The third-order valence-electron chi connectivity index (χ3n) is 2.40. The number of aliphatic hydroxyl groups is 1. The fourth-order valence-corrected chi connectivity index (χ4v) is 2.66. The molecule has 0 saturated carbocycles. The van der Waals surface area contributed by atoms with E-state index in [1.807, 2.05) is 0 Å². The minimum atomic E-state index is -0.559. The van der Waals surface area contributed by atoms with Crippen molar-refractivity contribution in [2.45, 2.75) is 6.92 Å². The summed E-state index contributed by atoms with van der Waals surface area (Å²) in [6, 6.07) is 7.06. The van der Waals surface area contributed by atoms with Crippen LogP contribution in [0.5, 0.6) is 0 Å². The Morgan fingerprint density at radius 3 is 2.95 bits per heavy atom. The lowest BCUT2D eigenvalue weighted by atomic mass is 10.2. The maximum atomic E-state index is 11.8. The van der Waals surface area contributed by atoms with Crippen molar-refractivity contribution in [3.63, 3.8) is 0 Å². The summed E-state index contributed by atoms with van der Waals surface area (Å²) in [6.45, 7) is 1.96. The first kappa shape index (κ1) is 14.0. The van der Waals surface area contributed by atoms with Crippen molar-refractivity contribution in [2.24, 2.45) is 4.99 Å². The molecule has 1 aromatic carbocycles. The molecule has 0 spiro atoms. The molecule has 19 heavy (non-hydrogen) atoms. The molecular formula is C13H12ClNO3S. The van der Waals surface area contributed by atoms with Gasteiger partial charge in [-0.25, -0.2) is 9.79 Å². The highest BCUT2D eigenvalue weighted by atomic mass is 35.5. The molecule has 4 nitrogen and oxygen atoms in total. The lowest BCUT2D eigenvalue weighted by molar-refractivity contribution is -0.138. The van der Waals surface area contributed by atoms with Gasteiger partial charge in [-0.05, 0) is 19.1 Å². The molecule has 2 rings (SSSR count). The Hall–Kier alpha value is -1.46. The number of ether oxygens (including phenoxy) is 1. The fraction of sp³-hybridized carbons (Fsp3) is 0.231. The monoisotopic (exact) mass is 297 g/mol. The highest BCUT2D eigenvalue weighted by Crippen LogP contribution is 2.32. The van der Waals surface area contributed by atoms with Crippen LogP contribution in [0.1, 0.15) is 6.92 Å². The van der Waals surface area contributed by atoms with Gasteiger partial charge in [0.1, 0.15) is 16.4 Å². The number of para-hydroxylation sites is 1.